The van der Waals surface area contributed by atoms with Crippen LogP contribution in [0.15, 0.2) is 0 Å². The maximum atomic E-state index is 2.86. The molecule has 0 aromatic carbocycles. The summed E-state index contributed by atoms with van der Waals surface area (Å²) in [5.41, 5.74) is 0. The quantitative estimate of drug-likeness (QED) is 0.570. The standard InChI is InChI=1S/C21H41N/c1-16(2)20(18-12-8-6-9-13-18)22(5)21(17(3)4)19-14-10-7-11-15-19/h16-21H,6-15H2,1-5H3. The van der Waals surface area contributed by atoms with Gasteiger partial charge in [0.15, 0.2) is 0 Å². The second kappa shape index (κ2) is 8.71. The molecule has 0 N–H and O–H groups in total. The van der Waals surface area contributed by atoms with Crippen molar-refractivity contribution in [2.45, 2.75) is 104 Å². The molecule has 2 saturated carbocycles. The van der Waals surface area contributed by atoms with E-state index in [1.165, 1.54) is 64.2 Å². The molecule has 0 radical (unpaired) electrons. The summed E-state index contributed by atoms with van der Waals surface area (Å²) < 4.78 is 0. The van der Waals surface area contributed by atoms with Crippen molar-refractivity contribution in [2.24, 2.45) is 23.7 Å². The molecule has 2 fully saturated rings. The van der Waals surface area contributed by atoms with E-state index in [0.717, 1.165) is 35.8 Å². The van der Waals surface area contributed by atoms with Gasteiger partial charge >= 0.3 is 0 Å². The lowest BCUT2D eigenvalue weighted by atomic mass is 9.74. The molecule has 0 saturated heterocycles. The third-order valence-electron chi connectivity index (χ3n) is 6.57. The van der Waals surface area contributed by atoms with Gasteiger partial charge in [-0.2, -0.15) is 0 Å². The predicted octanol–water partition coefficient (Wildman–Crippen LogP) is 6.13. The minimum atomic E-state index is 0.790. The molecule has 0 aliphatic heterocycles. The average molecular weight is 308 g/mol. The van der Waals surface area contributed by atoms with Crippen molar-refractivity contribution >= 4 is 0 Å². The van der Waals surface area contributed by atoms with Crippen LogP contribution >= 0.6 is 0 Å². The van der Waals surface area contributed by atoms with Crippen LogP contribution in [0.25, 0.3) is 0 Å². The van der Waals surface area contributed by atoms with Crippen molar-refractivity contribution in [3.05, 3.63) is 0 Å². The Morgan fingerprint density at radius 3 is 1.18 bits per heavy atom. The van der Waals surface area contributed by atoms with E-state index < -0.39 is 0 Å². The van der Waals surface area contributed by atoms with Crippen LogP contribution in [0, 0.1) is 23.7 Å². The van der Waals surface area contributed by atoms with Crippen molar-refractivity contribution in [1.29, 1.82) is 0 Å². The number of hydrogen-bond donors (Lipinski definition) is 0. The van der Waals surface area contributed by atoms with Crippen molar-refractivity contribution in [2.75, 3.05) is 7.05 Å². The molecule has 0 spiro atoms. The average Bonchev–Trinajstić information content (AvgIpc) is 2.49. The van der Waals surface area contributed by atoms with Crippen LogP contribution in [0.5, 0.6) is 0 Å². The second-order valence-corrected chi connectivity index (χ2v) is 8.93. The van der Waals surface area contributed by atoms with Gasteiger partial charge < -0.3 is 0 Å². The van der Waals surface area contributed by atoms with Crippen molar-refractivity contribution in [1.82, 2.24) is 4.90 Å². The summed E-state index contributed by atoms with van der Waals surface area (Å²) in [4.78, 5) is 2.86. The smallest absolute Gasteiger partial charge is 0.0147 e. The minimum absolute atomic E-state index is 0.790. The Balaban J connectivity index is 2.12. The Kier molecular flexibility index (Phi) is 7.25. The zero-order valence-electron chi connectivity index (χ0n) is 16.0. The summed E-state index contributed by atoms with van der Waals surface area (Å²) in [6.07, 6.45) is 14.7. The third kappa shape index (κ3) is 4.49. The molecular weight excluding hydrogens is 266 g/mol. The molecule has 0 aromatic heterocycles. The fraction of sp³-hybridized carbons (Fsp3) is 1.00. The lowest BCUT2D eigenvalue weighted by Gasteiger charge is -2.48. The molecule has 2 atom stereocenters. The highest BCUT2D eigenvalue weighted by molar-refractivity contribution is 4.90. The van der Waals surface area contributed by atoms with E-state index in [1.54, 1.807) is 0 Å². The van der Waals surface area contributed by atoms with E-state index >= 15 is 0 Å². The molecule has 0 amide bonds. The first-order valence-corrected chi connectivity index (χ1v) is 10.2. The van der Waals surface area contributed by atoms with Crippen molar-refractivity contribution in [3.63, 3.8) is 0 Å². The number of rotatable bonds is 6. The van der Waals surface area contributed by atoms with Crippen LogP contribution in [0.2, 0.25) is 0 Å². The highest BCUT2D eigenvalue weighted by Crippen LogP contribution is 2.38. The lowest BCUT2D eigenvalue weighted by Crippen LogP contribution is -2.52. The van der Waals surface area contributed by atoms with E-state index in [2.05, 4.69) is 39.6 Å². The van der Waals surface area contributed by atoms with Crippen molar-refractivity contribution < 1.29 is 0 Å². The third-order valence-corrected chi connectivity index (χ3v) is 6.57. The van der Waals surface area contributed by atoms with Gasteiger partial charge in [0.2, 0.25) is 0 Å². The molecule has 2 rings (SSSR count). The fourth-order valence-electron chi connectivity index (χ4n) is 5.84. The summed E-state index contributed by atoms with van der Waals surface area (Å²) in [6, 6.07) is 1.60. The first kappa shape index (κ1) is 18.3. The fourth-order valence-corrected chi connectivity index (χ4v) is 5.84. The van der Waals surface area contributed by atoms with E-state index in [1.807, 2.05) is 0 Å². The number of hydrogen-bond acceptors (Lipinski definition) is 1. The minimum Gasteiger partial charge on any atom is -0.299 e. The van der Waals surface area contributed by atoms with E-state index in [9.17, 15) is 0 Å². The highest BCUT2D eigenvalue weighted by atomic mass is 15.2. The van der Waals surface area contributed by atoms with Crippen LogP contribution in [-0.4, -0.2) is 24.0 Å². The van der Waals surface area contributed by atoms with Crippen molar-refractivity contribution in [3.8, 4) is 0 Å². The first-order valence-electron chi connectivity index (χ1n) is 10.2. The molecule has 0 bridgehead atoms. The van der Waals surface area contributed by atoms with Gasteiger partial charge in [-0.1, -0.05) is 66.2 Å². The van der Waals surface area contributed by atoms with E-state index in [-0.39, 0.29) is 0 Å². The van der Waals surface area contributed by atoms with Gasteiger partial charge in [0, 0.05) is 12.1 Å². The normalized spacial score (nSPS) is 25.1. The molecule has 1 nitrogen and oxygen atoms in total. The molecule has 2 aliphatic rings. The molecular formula is C21H41N. The van der Waals surface area contributed by atoms with Gasteiger partial charge in [-0.05, 0) is 56.4 Å². The second-order valence-electron chi connectivity index (χ2n) is 8.93. The van der Waals surface area contributed by atoms with Crippen LogP contribution < -0.4 is 0 Å². The van der Waals surface area contributed by atoms with Crippen LogP contribution in [0.1, 0.15) is 91.9 Å². The first-order chi connectivity index (χ1) is 10.5. The van der Waals surface area contributed by atoms with Crippen LogP contribution in [0.3, 0.4) is 0 Å². The molecule has 130 valence electrons. The molecule has 2 aliphatic carbocycles. The molecule has 0 heterocycles. The molecule has 2 unspecified atom stereocenters. The van der Waals surface area contributed by atoms with Gasteiger partial charge in [-0.15, -0.1) is 0 Å². The zero-order valence-corrected chi connectivity index (χ0v) is 16.0. The van der Waals surface area contributed by atoms with Gasteiger partial charge in [0.25, 0.3) is 0 Å². The Morgan fingerprint density at radius 2 is 0.909 bits per heavy atom. The topological polar surface area (TPSA) is 3.24 Å². The molecule has 22 heavy (non-hydrogen) atoms. The maximum absolute atomic E-state index is 2.86. The molecule has 1 heteroatoms. The lowest BCUT2D eigenvalue weighted by molar-refractivity contribution is 0.0139. The van der Waals surface area contributed by atoms with Gasteiger partial charge in [-0.3, -0.25) is 4.90 Å². The van der Waals surface area contributed by atoms with Gasteiger partial charge in [-0.25, -0.2) is 0 Å². The van der Waals surface area contributed by atoms with E-state index in [4.69, 9.17) is 0 Å². The van der Waals surface area contributed by atoms with Crippen LogP contribution in [0.4, 0.5) is 0 Å². The summed E-state index contributed by atoms with van der Waals surface area (Å²) >= 11 is 0. The Morgan fingerprint density at radius 1 is 0.591 bits per heavy atom. The zero-order chi connectivity index (χ0) is 16.1. The Bertz CT molecular complexity index is 267. The summed E-state index contributed by atoms with van der Waals surface area (Å²) in [5, 5.41) is 0. The van der Waals surface area contributed by atoms with E-state index in [0.29, 0.717) is 0 Å². The monoisotopic (exact) mass is 307 g/mol. The molecule has 0 aromatic rings. The van der Waals surface area contributed by atoms with Gasteiger partial charge in [0.05, 0.1) is 0 Å². The Hall–Kier alpha value is -0.0400. The Labute approximate surface area is 140 Å². The predicted molar refractivity (Wildman–Crippen MR) is 98.2 cm³/mol. The summed E-state index contributed by atoms with van der Waals surface area (Å²) in [6.45, 7) is 9.87. The largest absolute Gasteiger partial charge is 0.299 e. The van der Waals surface area contributed by atoms with Gasteiger partial charge in [0.1, 0.15) is 0 Å². The maximum Gasteiger partial charge on any atom is 0.0147 e. The highest BCUT2D eigenvalue weighted by Gasteiger charge is 2.37. The summed E-state index contributed by atoms with van der Waals surface area (Å²) in [5.74, 6) is 3.48. The number of nitrogens with zero attached hydrogens (tertiary/aromatic N) is 1. The summed E-state index contributed by atoms with van der Waals surface area (Å²) in [7, 11) is 2.47. The SMILES string of the molecule is CC(C)C(C1CCCCC1)N(C)C(C(C)C)C1CCCCC1. The van der Waals surface area contributed by atoms with Crippen LogP contribution in [-0.2, 0) is 0 Å².